The van der Waals surface area contributed by atoms with Gasteiger partial charge in [0.15, 0.2) is 0 Å². The molecule has 0 saturated carbocycles. The van der Waals surface area contributed by atoms with E-state index in [4.69, 9.17) is 4.74 Å². The molecule has 33 heavy (non-hydrogen) atoms. The molecule has 3 aromatic carbocycles. The van der Waals surface area contributed by atoms with Gasteiger partial charge >= 0.3 is 0 Å². The maximum absolute atomic E-state index is 13.0. The summed E-state index contributed by atoms with van der Waals surface area (Å²) in [4.78, 5) is 37.9. The Bertz CT molecular complexity index is 1360. The Balaban J connectivity index is 1.53. The van der Waals surface area contributed by atoms with E-state index in [-0.39, 0.29) is 11.1 Å². The van der Waals surface area contributed by atoms with E-state index < -0.39 is 11.8 Å². The van der Waals surface area contributed by atoms with Gasteiger partial charge in [-0.05, 0) is 35.4 Å². The molecule has 2 N–H and O–H groups in total. The van der Waals surface area contributed by atoms with Crippen LogP contribution in [0.3, 0.4) is 0 Å². The molecule has 0 radical (unpaired) electrons. The minimum Gasteiger partial charge on any atom is -0.493 e. The summed E-state index contributed by atoms with van der Waals surface area (Å²) in [5, 5.41) is 1.59. The Hall–Kier alpha value is -4.39. The molecule has 0 unspecified atom stereocenters. The van der Waals surface area contributed by atoms with Crippen LogP contribution in [0.2, 0.25) is 0 Å². The first kappa shape index (κ1) is 21.8. The van der Waals surface area contributed by atoms with Crippen molar-refractivity contribution >= 4 is 22.6 Å². The van der Waals surface area contributed by atoms with Crippen LogP contribution in [-0.2, 0) is 6.54 Å². The number of carbonyl (C=O) groups excluding carboxylic acids is 2. The van der Waals surface area contributed by atoms with Crippen molar-refractivity contribution in [2.24, 2.45) is 0 Å². The number of hydrogen-bond donors (Lipinski definition) is 2. The molecule has 0 aliphatic heterocycles. The molecule has 1 aromatic heterocycles. The first-order valence-corrected chi connectivity index (χ1v) is 10.6. The molecule has 7 heteroatoms. The highest BCUT2D eigenvalue weighted by Crippen LogP contribution is 2.28. The van der Waals surface area contributed by atoms with Crippen LogP contribution >= 0.6 is 0 Å². The molecule has 7 nitrogen and oxygen atoms in total. The normalized spacial score (nSPS) is 10.6. The fraction of sp³-hybridized carbons (Fsp3) is 0.115. The van der Waals surface area contributed by atoms with Crippen LogP contribution in [0.15, 0.2) is 89.9 Å². The fourth-order valence-corrected chi connectivity index (χ4v) is 3.58. The first-order valence-electron chi connectivity index (χ1n) is 10.6. The summed E-state index contributed by atoms with van der Waals surface area (Å²) < 4.78 is 7.08. The maximum atomic E-state index is 13.0. The number of ether oxygens (including phenoxy) is 1. The fourth-order valence-electron chi connectivity index (χ4n) is 3.58. The zero-order chi connectivity index (χ0) is 23.2. The number of nitrogens with one attached hydrogen (secondary N) is 2. The lowest BCUT2D eigenvalue weighted by molar-refractivity contribution is 0.0845. The van der Waals surface area contributed by atoms with Crippen molar-refractivity contribution in [3.63, 3.8) is 0 Å². The van der Waals surface area contributed by atoms with Crippen molar-refractivity contribution in [3.05, 3.63) is 112 Å². The molecule has 166 valence electrons. The molecule has 0 fully saturated rings. The van der Waals surface area contributed by atoms with Crippen LogP contribution in [0.1, 0.15) is 33.2 Å². The minimum atomic E-state index is -0.539. The molecule has 0 aliphatic rings. The van der Waals surface area contributed by atoms with Crippen molar-refractivity contribution in [1.29, 1.82) is 0 Å². The molecule has 0 spiro atoms. The lowest BCUT2D eigenvalue weighted by Gasteiger charge is -2.14. The van der Waals surface area contributed by atoms with E-state index in [1.54, 1.807) is 6.07 Å². The topological polar surface area (TPSA) is 89.4 Å². The highest BCUT2D eigenvalue weighted by Gasteiger charge is 2.18. The largest absolute Gasteiger partial charge is 0.493 e. The number of hydrazine groups is 1. The molecule has 1 heterocycles. The molecule has 4 rings (SSSR count). The number of fused-ring (bicyclic) bond motifs is 1. The summed E-state index contributed by atoms with van der Waals surface area (Å²) in [5.74, 6) is -0.607. The molecule has 0 aliphatic carbocycles. The molecule has 0 atom stereocenters. The van der Waals surface area contributed by atoms with Gasteiger partial charge in [0, 0.05) is 12.3 Å². The van der Waals surface area contributed by atoms with Gasteiger partial charge in [-0.25, -0.2) is 0 Å². The average molecular weight is 441 g/mol. The monoisotopic (exact) mass is 441 g/mol. The number of amides is 2. The third-order valence-electron chi connectivity index (χ3n) is 5.15. The van der Waals surface area contributed by atoms with E-state index in [9.17, 15) is 14.4 Å². The zero-order valence-electron chi connectivity index (χ0n) is 18.1. The summed E-state index contributed by atoms with van der Waals surface area (Å²) in [6, 6.07) is 23.3. The first-order chi connectivity index (χ1) is 16.1. The van der Waals surface area contributed by atoms with Crippen molar-refractivity contribution in [2.75, 3.05) is 6.61 Å². The summed E-state index contributed by atoms with van der Waals surface area (Å²) in [7, 11) is 0. The number of benzene rings is 3. The Morgan fingerprint density at radius 1 is 0.848 bits per heavy atom. The van der Waals surface area contributed by atoms with E-state index in [0.717, 1.165) is 10.9 Å². The molecule has 2 amide bonds. The number of aromatic nitrogens is 1. The average Bonchev–Trinajstić information content (AvgIpc) is 2.84. The summed E-state index contributed by atoms with van der Waals surface area (Å²) in [6.07, 6.45) is 1.47. The SMILES string of the molecule is CCOc1ccc2ccccc2c1C(=O)NNC(=O)c1ccc(=O)n(Cc2ccccc2)c1. The predicted molar refractivity (Wildman–Crippen MR) is 126 cm³/mol. The highest BCUT2D eigenvalue weighted by atomic mass is 16.5. The minimum absolute atomic E-state index is 0.225. The second kappa shape index (κ2) is 9.82. The maximum Gasteiger partial charge on any atom is 0.274 e. The van der Waals surface area contributed by atoms with Gasteiger partial charge < -0.3 is 9.30 Å². The van der Waals surface area contributed by atoms with Crippen molar-refractivity contribution in [1.82, 2.24) is 15.4 Å². The van der Waals surface area contributed by atoms with E-state index >= 15 is 0 Å². The van der Waals surface area contributed by atoms with Gasteiger partial charge in [0.1, 0.15) is 5.75 Å². The quantitative estimate of drug-likeness (QED) is 0.448. The van der Waals surface area contributed by atoms with Crippen molar-refractivity contribution < 1.29 is 14.3 Å². The Kier molecular flexibility index (Phi) is 6.50. The van der Waals surface area contributed by atoms with E-state index in [2.05, 4.69) is 10.9 Å². The Morgan fingerprint density at radius 3 is 2.36 bits per heavy atom. The summed E-state index contributed by atoms with van der Waals surface area (Å²) in [5.41, 5.74) is 6.19. The van der Waals surface area contributed by atoms with E-state index in [1.165, 1.54) is 22.9 Å². The Morgan fingerprint density at radius 2 is 1.58 bits per heavy atom. The standard InChI is InChI=1S/C26H23N3O4/c1-2-33-22-14-12-19-10-6-7-11-21(19)24(22)26(32)28-27-25(31)20-13-15-23(30)29(17-20)16-18-8-4-3-5-9-18/h3-15,17H,2,16H2,1H3,(H,27,31)(H,28,32). The van der Waals surface area contributed by atoms with Crippen molar-refractivity contribution in [2.45, 2.75) is 13.5 Å². The molecular formula is C26H23N3O4. The van der Waals surface area contributed by atoms with Crippen LogP contribution in [0, 0.1) is 0 Å². The third kappa shape index (κ3) is 4.93. The number of carbonyl (C=O) groups is 2. The summed E-state index contributed by atoms with van der Waals surface area (Å²) >= 11 is 0. The van der Waals surface area contributed by atoms with Gasteiger partial charge in [-0.1, -0.05) is 60.7 Å². The smallest absolute Gasteiger partial charge is 0.274 e. The van der Waals surface area contributed by atoms with Crippen LogP contribution < -0.4 is 21.1 Å². The molecule has 0 bridgehead atoms. The van der Waals surface area contributed by atoms with Crippen LogP contribution in [0.4, 0.5) is 0 Å². The van der Waals surface area contributed by atoms with Gasteiger partial charge in [0.05, 0.1) is 24.3 Å². The lowest BCUT2D eigenvalue weighted by atomic mass is 10.0. The van der Waals surface area contributed by atoms with Gasteiger partial charge in [0.25, 0.3) is 17.4 Å². The molecule has 4 aromatic rings. The van der Waals surface area contributed by atoms with Gasteiger partial charge in [-0.3, -0.25) is 25.2 Å². The Labute approximate surface area is 190 Å². The van der Waals surface area contributed by atoms with E-state index in [0.29, 0.717) is 29.9 Å². The second-order valence-electron chi connectivity index (χ2n) is 7.37. The highest BCUT2D eigenvalue weighted by molar-refractivity contribution is 6.10. The number of pyridine rings is 1. The molecular weight excluding hydrogens is 418 g/mol. The van der Waals surface area contributed by atoms with Crippen LogP contribution in [-0.4, -0.2) is 23.0 Å². The lowest BCUT2D eigenvalue weighted by Crippen LogP contribution is -2.42. The number of hydrogen-bond acceptors (Lipinski definition) is 4. The number of rotatable bonds is 6. The summed E-state index contributed by atoms with van der Waals surface area (Å²) in [6.45, 7) is 2.57. The molecule has 0 saturated heterocycles. The van der Waals surface area contributed by atoms with Crippen LogP contribution in [0.25, 0.3) is 10.8 Å². The second-order valence-corrected chi connectivity index (χ2v) is 7.37. The zero-order valence-corrected chi connectivity index (χ0v) is 18.1. The van der Waals surface area contributed by atoms with Gasteiger partial charge in [-0.2, -0.15) is 0 Å². The van der Waals surface area contributed by atoms with Crippen molar-refractivity contribution in [3.8, 4) is 5.75 Å². The van der Waals surface area contributed by atoms with Gasteiger partial charge in [-0.15, -0.1) is 0 Å². The van der Waals surface area contributed by atoms with E-state index in [1.807, 2.05) is 67.6 Å². The third-order valence-corrected chi connectivity index (χ3v) is 5.15. The van der Waals surface area contributed by atoms with Gasteiger partial charge in [0.2, 0.25) is 0 Å². The predicted octanol–water partition coefficient (Wildman–Crippen LogP) is 3.52. The van der Waals surface area contributed by atoms with Crippen LogP contribution in [0.5, 0.6) is 5.75 Å². The number of nitrogens with zero attached hydrogens (tertiary/aromatic N) is 1.